The highest BCUT2D eigenvalue weighted by Gasteiger charge is 2.43. The predicted molar refractivity (Wildman–Crippen MR) is 113 cm³/mol. The van der Waals surface area contributed by atoms with Crippen molar-refractivity contribution in [2.75, 3.05) is 17.2 Å². The molecule has 1 saturated carbocycles. The molecular weight excluding hydrogens is 392 g/mol. The fourth-order valence-electron chi connectivity index (χ4n) is 3.73. The van der Waals surface area contributed by atoms with Gasteiger partial charge in [-0.1, -0.05) is 31.5 Å². The number of carbonyl (C=O) groups is 2. The standard InChI is InChI=1S/C21H25ClN4O3/c1-20(2)8-9-21(12-20,13-27)26-19(29)24-16-5-3-4-14(10-16)18(28)25-17-7-6-15(22)11-23-17/h3-7,10-11,27H,8-9,12-13H2,1-2H3,(H,23,25,28)(H2,24,26,29). The Hall–Kier alpha value is -2.64. The molecule has 2 aromatic rings. The summed E-state index contributed by atoms with van der Waals surface area (Å²) in [5, 5.41) is 18.6. The van der Waals surface area contributed by atoms with E-state index in [-0.39, 0.29) is 17.9 Å². The number of benzene rings is 1. The van der Waals surface area contributed by atoms with E-state index in [2.05, 4.69) is 34.8 Å². The minimum Gasteiger partial charge on any atom is -0.394 e. The first-order chi connectivity index (χ1) is 13.7. The third kappa shape index (κ3) is 5.46. The number of hydrogen-bond acceptors (Lipinski definition) is 4. The first-order valence-corrected chi connectivity index (χ1v) is 9.81. The monoisotopic (exact) mass is 416 g/mol. The van der Waals surface area contributed by atoms with E-state index < -0.39 is 11.6 Å². The number of urea groups is 1. The fraction of sp³-hybridized carbons (Fsp3) is 0.381. The van der Waals surface area contributed by atoms with E-state index >= 15 is 0 Å². The number of nitrogens with zero attached hydrogens (tertiary/aromatic N) is 1. The number of anilines is 2. The summed E-state index contributed by atoms with van der Waals surface area (Å²) in [6.07, 6.45) is 3.81. The number of amides is 3. The van der Waals surface area contributed by atoms with Crippen LogP contribution in [0.2, 0.25) is 5.02 Å². The normalized spacial score (nSPS) is 20.1. The first-order valence-electron chi connectivity index (χ1n) is 9.43. The lowest BCUT2D eigenvalue weighted by Gasteiger charge is -2.30. The van der Waals surface area contributed by atoms with E-state index in [9.17, 15) is 14.7 Å². The molecule has 7 nitrogen and oxygen atoms in total. The van der Waals surface area contributed by atoms with Crippen molar-refractivity contribution in [3.63, 3.8) is 0 Å². The van der Waals surface area contributed by atoms with Gasteiger partial charge in [-0.05, 0) is 55.0 Å². The van der Waals surface area contributed by atoms with E-state index in [1.54, 1.807) is 36.4 Å². The molecule has 0 saturated heterocycles. The van der Waals surface area contributed by atoms with Gasteiger partial charge in [0.1, 0.15) is 5.82 Å². The second-order valence-electron chi connectivity index (χ2n) is 8.26. The maximum atomic E-state index is 12.5. The largest absolute Gasteiger partial charge is 0.394 e. The molecule has 1 heterocycles. The molecule has 1 aliphatic carbocycles. The number of carbonyl (C=O) groups excluding carboxylic acids is 2. The summed E-state index contributed by atoms with van der Waals surface area (Å²) < 4.78 is 0. The lowest BCUT2D eigenvalue weighted by atomic mass is 9.88. The zero-order chi connectivity index (χ0) is 21.1. The van der Waals surface area contributed by atoms with Gasteiger partial charge in [0, 0.05) is 17.4 Å². The summed E-state index contributed by atoms with van der Waals surface area (Å²) in [6, 6.07) is 9.43. The summed E-state index contributed by atoms with van der Waals surface area (Å²) in [5.74, 6) is 0.0255. The molecule has 1 aromatic carbocycles. The summed E-state index contributed by atoms with van der Waals surface area (Å²) in [5.41, 5.74) is 0.301. The average Bonchev–Trinajstić information content (AvgIpc) is 2.98. The topological polar surface area (TPSA) is 103 Å². The molecule has 4 N–H and O–H groups in total. The van der Waals surface area contributed by atoms with Crippen molar-refractivity contribution < 1.29 is 14.7 Å². The maximum Gasteiger partial charge on any atom is 0.319 e. The molecule has 1 atom stereocenters. The fourth-order valence-corrected chi connectivity index (χ4v) is 3.84. The number of aromatic nitrogens is 1. The van der Waals surface area contributed by atoms with Crippen LogP contribution in [0.5, 0.6) is 0 Å². The first kappa shape index (κ1) is 21.1. The number of hydrogen-bond donors (Lipinski definition) is 4. The minimum absolute atomic E-state index is 0.0731. The minimum atomic E-state index is -0.622. The lowest BCUT2D eigenvalue weighted by Crippen LogP contribution is -2.51. The average molecular weight is 417 g/mol. The zero-order valence-electron chi connectivity index (χ0n) is 16.5. The number of nitrogens with one attached hydrogen (secondary N) is 3. The Labute approximate surface area is 174 Å². The highest BCUT2D eigenvalue weighted by molar-refractivity contribution is 6.30. The molecule has 3 amide bonds. The Balaban J connectivity index is 1.64. The van der Waals surface area contributed by atoms with Crippen molar-refractivity contribution in [2.24, 2.45) is 5.41 Å². The number of aliphatic hydroxyl groups excluding tert-OH is 1. The van der Waals surface area contributed by atoms with E-state index in [4.69, 9.17) is 11.6 Å². The smallest absolute Gasteiger partial charge is 0.319 e. The van der Waals surface area contributed by atoms with Gasteiger partial charge in [-0.3, -0.25) is 4.79 Å². The molecule has 0 aliphatic heterocycles. The van der Waals surface area contributed by atoms with Crippen LogP contribution in [0, 0.1) is 5.41 Å². The number of pyridine rings is 1. The van der Waals surface area contributed by atoms with Crippen LogP contribution in [0.3, 0.4) is 0 Å². The van der Waals surface area contributed by atoms with Gasteiger partial charge < -0.3 is 21.1 Å². The van der Waals surface area contributed by atoms with Crippen LogP contribution >= 0.6 is 11.6 Å². The van der Waals surface area contributed by atoms with Gasteiger partial charge in [0.05, 0.1) is 17.2 Å². The predicted octanol–water partition coefficient (Wildman–Crippen LogP) is 4.05. The summed E-state index contributed by atoms with van der Waals surface area (Å²) in [4.78, 5) is 29.0. The van der Waals surface area contributed by atoms with E-state index in [0.717, 1.165) is 12.8 Å². The molecular formula is C21H25ClN4O3. The van der Waals surface area contributed by atoms with Gasteiger partial charge in [-0.2, -0.15) is 0 Å². The van der Waals surface area contributed by atoms with Gasteiger partial charge in [-0.25, -0.2) is 9.78 Å². The number of aliphatic hydroxyl groups is 1. The zero-order valence-corrected chi connectivity index (χ0v) is 17.2. The molecule has 1 fully saturated rings. The van der Waals surface area contributed by atoms with Crippen molar-refractivity contribution in [3.05, 3.63) is 53.2 Å². The molecule has 0 bridgehead atoms. The molecule has 29 heavy (non-hydrogen) atoms. The maximum absolute atomic E-state index is 12.5. The Bertz CT molecular complexity index is 901. The van der Waals surface area contributed by atoms with E-state index in [0.29, 0.717) is 28.5 Å². The van der Waals surface area contributed by atoms with E-state index in [1.165, 1.54) is 6.20 Å². The molecule has 1 unspecified atom stereocenters. The SMILES string of the molecule is CC1(C)CCC(CO)(NC(=O)Nc2cccc(C(=O)Nc3ccc(Cl)cn3)c2)C1. The molecule has 0 spiro atoms. The van der Waals surface area contributed by atoms with Crippen LogP contribution in [-0.4, -0.2) is 34.2 Å². The summed E-state index contributed by atoms with van der Waals surface area (Å²) >= 11 is 5.79. The Morgan fingerprint density at radius 3 is 2.59 bits per heavy atom. The Kier molecular flexibility index (Phi) is 6.10. The van der Waals surface area contributed by atoms with Crippen LogP contribution in [0.4, 0.5) is 16.3 Å². The van der Waals surface area contributed by atoms with Gasteiger partial charge in [0.15, 0.2) is 0 Å². The van der Waals surface area contributed by atoms with Gasteiger partial charge >= 0.3 is 6.03 Å². The molecule has 1 aromatic heterocycles. The third-order valence-corrected chi connectivity index (χ3v) is 5.35. The van der Waals surface area contributed by atoms with Crippen LogP contribution < -0.4 is 16.0 Å². The van der Waals surface area contributed by atoms with E-state index in [1.807, 2.05) is 0 Å². The molecule has 0 radical (unpaired) electrons. The Morgan fingerprint density at radius 2 is 1.97 bits per heavy atom. The second kappa shape index (κ2) is 8.39. The number of halogens is 1. The van der Waals surface area contributed by atoms with Crippen molar-refractivity contribution in [2.45, 2.75) is 38.6 Å². The third-order valence-electron chi connectivity index (χ3n) is 5.13. The quantitative estimate of drug-likeness (QED) is 0.590. The lowest BCUT2D eigenvalue weighted by molar-refractivity contribution is 0.102. The van der Waals surface area contributed by atoms with Crippen LogP contribution in [0.1, 0.15) is 43.5 Å². The Morgan fingerprint density at radius 1 is 1.17 bits per heavy atom. The molecule has 3 rings (SSSR count). The summed E-state index contributed by atoms with van der Waals surface area (Å²) in [6.45, 7) is 4.14. The van der Waals surface area contributed by atoms with Crippen molar-refractivity contribution in [3.8, 4) is 0 Å². The van der Waals surface area contributed by atoms with Crippen molar-refractivity contribution in [1.82, 2.24) is 10.3 Å². The molecule has 154 valence electrons. The highest BCUT2D eigenvalue weighted by atomic mass is 35.5. The second-order valence-corrected chi connectivity index (χ2v) is 8.69. The highest BCUT2D eigenvalue weighted by Crippen LogP contribution is 2.43. The van der Waals surface area contributed by atoms with Crippen LogP contribution in [0.25, 0.3) is 0 Å². The van der Waals surface area contributed by atoms with Crippen molar-refractivity contribution >= 4 is 35.0 Å². The molecule has 1 aliphatic rings. The van der Waals surface area contributed by atoms with Gasteiger partial charge in [0.25, 0.3) is 5.91 Å². The van der Waals surface area contributed by atoms with Crippen molar-refractivity contribution in [1.29, 1.82) is 0 Å². The number of rotatable bonds is 5. The molecule has 8 heteroatoms. The van der Waals surface area contributed by atoms with Gasteiger partial charge in [0.2, 0.25) is 0 Å². The van der Waals surface area contributed by atoms with Gasteiger partial charge in [-0.15, -0.1) is 0 Å². The van der Waals surface area contributed by atoms with Crippen LogP contribution in [0.15, 0.2) is 42.6 Å². The summed E-state index contributed by atoms with van der Waals surface area (Å²) in [7, 11) is 0. The van der Waals surface area contributed by atoms with Crippen LogP contribution in [-0.2, 0) is 0 Å².